The molecule has 0 fully saturated rings. The number of benzene rings is 2. The third kappa shape index (κ3) is 5.48. The van der Waals surface area contributed by atoms with Gasteiger partial charge in [0.25, 0.3) is 5.91 Å². The lowest BCUT2D eigenvalue weighted by molar-refractivity contribution is -0.112. The van der Waals surface area contributed by atoms with E-state index in [0.717, 1.165) is 0 Å². The first-order valence-corrected chi connectivity index (χ1v) is 9.04. The second-order valence-corrected chi connectivity index (χ2v) is 6.44. The zero-order valence-corrected chi connectivity index (χ0v) is 16.5. The average Bonchev–Trinajstić information content (AvgIpc) is 2.64. The molecule has 1 amide bonds. The van der Waals surface area contributed by atoms with Gasteiger partial charge in [0.05, 0.1) is 23.4 Å². The lowest BCUT2D eigenvalue weighted by Crippen LogP contribution is -2.14. The van der Waals surface area contributed by atoms with E-state index in [9.17, 15) is 14.4 Å². The SMILES string of the molecule is CCOc1cc(/C=C(\C#N)C(=O)Nc2ccccc2F)cc(Cl)c1OC(C)C. The molecule has 0 unspecified atom stereocenters. The van der Waals surface area contributed by atoms with Crippen LogP contribution < -0.4 is 14.8 Å². The second kappa shape index (κ2) is 9.77. The zero-order valence-electron chi connectivity index (χ0n) is 15.8. The highest BCUT2D eigenvalue weighted by molar-refractivity contribution is 6.32. The number of nitrogens with one attached hydrogen (secondary N) is 1. The van der Waals surface area contributed by atoms with Crippen LogP contribution in [-0.4, -0.2) is 18.6 Å². The molecule has 2 aromatic rings. The molecule has 1 N–H and O–H groups in total. The number of carbonyl (C=O) groups is 1. The van der Waals surface area contributed by atoms with Gasteiger partial charge in [-0.25, -0.2) is 4.39 Å². The van der Waals surface area contributed by atoms with Crippen LogP contribution in [0.1, 0.15) is 26.3 Å². The highest BCUT2D eigenvalue weighted by Gasteiger charge is 2.16. The van der Waals surface area contributed by atoms with Crippen LogP contribution in [0, 0.1) is 17.1 Å². The Kier molecular flexibility index (Phi) is 7.42. The van der Waals surface area contributed by atoms with Crippen molar-refractivity contribution in [2.45, 2.75) is 26.9 Å². The van der Waals surface area contributed by atoms with Crippen molar-refractivity contribution in [3.8, 4) is 17.6 Å². The number of hydrogen-bond donors (Lipinski definition) is 1. The standard InChI is InChI=1S/C21H20ClFN2O3/c1-4-27-19-11-14(10-16(22)20(19)28-13(2)3)9-15(12-24)21(26)25-18-8-6-5-7-17(18)23/h5-11,13H,4H2,1-3H3,(H,25,26)/b15-9+. The van der Waals surface area contributed by atoms with Gasteiger partial charge in [-0.3, -0.25) is 4.79 Å². The highest BCUT2D eigenvalue weighted by Crippen LogP contribution is 2.38. The normalized spacial score (nSPS) is 11.1. The highest BCUT2D eigenvalue weighted by atomic mass is 35.5. The Morgan fingerprint density at radius 2 is 2.07 bits per heavy atom. The monoisotopic (exact) mass is 402 g/mol. The lowest BCUT2D eigenvalue weighted by Gasteiger charge is -2.16. The summed E-state index contributed by atoms with van der Waals surface area (Å²) in [5.74, 6) is -0.527. The van der Waals surface area contributed by atoms with Gasteiger partial charge in [-0.2, -0.15) is 5.26 Å². The molecule has 146 valence electrons. The summed E-state index contributed by atoms with van der Waals surface area (Å²) in [4.78, 5) is 12.4. The van der Waals surface area contributed by atoms with Crippen LogP contribution >= 0.6 is 11.6 Å². The van der Waals surface area contributed by atoms with Gasteiger partial charge in [0.2, 0.25) is 0 Å². The van der Waals surface area contributed by atoms with E-state index in [0.29, 0.717) is 23.7 Å². The Balaban J connectivity index is 2.36. The Hall–Kier alpha value is -3.04. The Morgan fingerprint density at radius 3 is 2.68 bits per heavy atom. The molecule has 0 spiro atoms. The molecule has 0 radical (unpaired) electrons. The number of anilines is 1. The van der Waals surface area contributed by atoms with E-state index in [1.165, 1.54) is 24.3 Å². The number of nitrogens with zero attached hydrogens (tertiary/aromatic N) is 1. The topological polar surface area (TPSA) is 71.3 Å². The van der Waals surface area contributed by atoms with E-state index in [4.69, 9.17) is 21.1 Å². The maximum atomic E-state index is 13.7. The van der Waals surface area contributed by atoms with Crippen molar-refractivity contribution in [2.24, 2.45) is 0 Å². The van der Waals surface area contributed by atoms with Crippen LogP contribution in [-0.2, 0) is 4.79 Å². The van der Waals surface area contributed by atoms with Gasteiger partial charge >= 0.3 is 0 Å². The predicted octanol–water partition coefficient (Wildman–Crippen LogP) is 5.21. The van der Waals surface area contributed by atoms with Crippen LogP contribution in [0.25, 0.3) is 6.08 Å². The number of nitriles is 1. The van der Waals surface area contributed by atoms with E-state index in [1.54, 1.807) is 18.2 Å². The largest absolute Gasteiger partial charge is 0.490 e. The number of halogens is 2. The molecule has 2 rings (SSSR count). The summed E-state index contributed by atoms with van der Waals surface area (Å²) in [7, 11) is 0. The summed E-state index contributed by atoms with van der Waals surface area (Å²) >= 11 is 6.30. The fraction of sp³-hybridized carbons (Fsp3) is 0.238. The maximum Gasteiger partial charge on any atom is 0.266 e. The summed E-state index contributed by atoms with van der Waals surface area (Å²) in [5.41, 5.74) is 0.256. The summed E-state index contributed by atoms with van der Waals surface area (Å²) < 4.78 is 25.0. The van der Waals surface area contributed by atoms with Crippen LogP contribution in [0.3, 0.4) is 0 Å². The van der Waals surface area contributed by atoms with Crippen LogP contribution in [0.4, 0.5) is 10.1 Å². The first-order chi connectivity index (χ1) is 13.3. The third-order valence-electron chi connectivity index (χ3n) is 3.48. The predicted molar refractivity (Wildman–Crippen MR) is 107 cm³/mol. The molecule has 7 heteroatoms. The first kappa shape index (κ1) is 21.3. The summed E-state index contributed by atoms with van der Waals surface area (Å²) in [5, 5.41) is 12.0. The molecular weight excluding hydrogens is 383 g/mol. The number of amides is 1. The van der Waals surface area contributed by atoms with Crippen molar-refractivity contribution in [1.29, 1.82) is 5.26 Å². The minimum atomic E-state index is -0.732. The molecule has 0 atom stereocenters. The Labute approximate surface area is 168 Å². The summed E-state index contributed by atoms with van der Waals surface area (Å²) in [6.45, 7) is 5.93. The summed E-state index contributed by atoms with van der Waals surface area (Å²) in [6, 6.07) is 10.7. The smallest absolute Gasteiger partial charge is 0.266 e. The first-order valence-electron chi connectivity index (χ1n) is 8.66. The van der Waals surface area contributed by atoms with Crippen LogP contribution in [0.15, 0.2) is 42.0 Å². The van der Waals surface area contributed by atoms with Crippen molar-refractivity contribution < 1.29 is 18.7 Å². The fourth-order valence-corrected chi connectivity index (χ4v) is 2.62. The number of hydrogen-bond acceptors (Lipinski definition) is 4. The van der Waals surface area contributed by atoms with E-state index in [2.05, 4.69) is 5.32 Å². The van der Waals surface area contributed by atoms with Gasteiger partial charge < -0.3 is 14.8 Å². The van der Waals surface area contributed by atoms with Gasteiger partial charge in [0, 0.05) is 0 Å². The number of para-hydroxylation sites is 1. The maximum absolute atomic E-state index is 13.7. The molecule has 28 heavy (non-hydrogen) atoms. The second-order valence-electron chi connectivity index (χ2n) is 6.03. The van der Waals surface area contributed by atoms with E-state index < -0.39 is 11.7 Å². The van der Waals surface area contributed by atoms with Crippen molar-refractivity contribution >= 4 is 29.3 Å². The number of rotatable bonds is 7. The molecule has 0 aromatic heterocycles. The molecule has 0 aliphatic heterocycles. The molecule has 2 aromatic carbocycles. The van der Waals surface area contributed by atoms with Gasteiger partial charge in [-0.05, 0) is 56.7 Å². The average molecular weight is 403 g/mol. The lowest BCUT2D eigenvalue weighted by atomic mass is 10.1. The number of carbonyl (C=O) groups excluding carboxylic acids is 1. The molecule has 0 bridgehead atoms. The van der Waals surface area contributed by atoms with Gasteiger partial charge in [-0.15, -0.1) is 0 Å². The fourth-order valence-electron chi connectivity index (χ4n) is 2.35. The minimum Gasteiger partial charge on any atom is -0.490 e. The van der Waals surface area contributed by atoms with Gasteiger partial charge in [-0.1, -0.05) is 23.7 Å². The van der Waals surface area contributed by atoms with Gasteiger partial charge in [0.15, 0.2) is 11.5 Å². The third-order valence-corrected chi connectivity index (χ3v) is 3.76. The molecule has 0 aliphatic rings. The van der Waals surface area contributed by atoms with Gasteiger partial charge in [0.1, 0.15) is 17.5 Å². The Bertz CT molecular complexity index is 936. The van der Waals surface area contributed by atoms with Crippen LogP contribution in [0.5, 0.6) is 11.5 Å². The minimum absolute atomic E-state index is 0.0117. The molecule has 0 saturated carbocycles. The van der Waals surface area contributed by atoms with Crippen molar-refractivity contribution in [3.05, 3.63) is 58.4 Å². The van der Waals surface area contributed by atoms with Crippen LogP contribution in [0.2, 0.25) is 5.02 Å². The van der Waals surface area contributed by atoms with E-state index >= 15 is 0 Å². The quantitative estimate of drug-likeness (QED) is 0.509. The van der Waals surface area contributed by atoms with Crippen molar-refractivity contribution in [1.82, 2.24) is 0 Å². The van der Waals surface area contributed by atoms with Crippen molar-refractivity contribution in [2.75, 3.05) is 11.9 Å². The molecular formula is C21H20ClFN2O3. The zero-order chi connectivity index (χ0) is 20.7. The van der Waals surface area contributed by atoms with Crippen molar-refractivity contribution in [3.63, 3.8) is 0 Å². The molecule has 0 saturated heterocycles. The van der Waals surface area contributed by atoms with E-state index in [1.807, 2.05) is 26.8 Å². The number of ether oxygens (including phenoxy) is 2. The summed E-state index contributed by atoms with van der Waals surface area (Å²) in [6.07, 6.45) is 1.24. The molecule has 0 heterocycles. The Morgan fingerprint density at radius 1 is 1.36 bits per heavy atom. The van der Waals surface area contributed by atoms with E-state index in [-0.39, 0.29) is 22.4 Å². The molecule has 5 nitrogen and oxygen atoms in total. The molecule has 0 aliphatic carbocycles.